The van der Waals surface area contributed by atoms with Crippen molar-refractivity contribution < 1.29 is 9.53 Å². The highest BCUT2D eigenvalue weighted by molar-refractivity contribution is 5.79. The minimum Gasteiger partial charge on any atom is -0.376 e. The fourth-order valence-electron chi connectivity index (χ4n) is 2.57. The van der Waals surface area contributed by atoms with Crippen molar-refractivity contribution in [1.82, 2.24) is 10.2 Å². The van der Waals surface area contributed by atoms with Crippen LogP contribution in [0.2, 0.25) is 0 Å². The van der Waals surface area contributed by atoms with Crippen LogP contribution in [0.25, 0.3) is 0 Å². The predicted octanol–water partition coefficient (Wildman–Crippen LogP) is 0.764. The minimum absolute atomic E-state index is 0.272. The summed E-state index contributed by atoms with van der Waals surface area (Å²) >= 11 is 0. The molecule has 2 heterocycles. The molecule has 2 unspecified atom stereocenters. The molecule has 4 nitrogen and oxygen atoms in total. The van der Waals surface area contributed by atoms with Gasteiger partial charge in [-0.1, -0.05) is 13.8 Å². The summed E-state index contributed by atoms with van der Waals surface area (Å²) in [5, 5.41) is 3.42. The van der Waals surface area contributed by atoms with Gasteiger partial charge in [0.2, 0.25) is 5.91 Å². The molecule has 1 N–H and O–H groups in total. The summed E-state index contributed by atoms with van der Waals surface area (Å²) in [6.45, 7) is 6.73. The first-order chi connectivity index (χ1) is 7.65. The number of amides is 1. The lowest BCUT2D eigenvalue weighted by molar-refractivity contribution is -0.129. The monoisotopic (exact) mass is 226 g/mol. The third-order valence-corrected chi connectivity index (χ3v) is 3.23. The Labute approximate surface area is 97.3 Å². The van der Waals surface area contributed by atoms with Gasteiger partial charge >= 0.3 is 0 Å². The predicted molar refractivity (Wildman–Crippen MR) is 62.2 cm³/mol. The lowest BCUT2D eigenvalue weighted by Gasteiger charge is -2.21. The molecule has 16 heavy (non-hydrogen) atoms. The highest BCUT2D eigenvalue weighted by Gasteiger charge is 2.32. The molecule has 0 saturated carbocycles. The molecule has 0 radical (unpaired) electrons. The second kappa shape index (κ2) is 5.15. The molecular formula is C12H22N2O2. The molecule has 1 amide bonds. The van der Waals surface area contributed by atoms with Gasteiger partial charge in [-0.2, -0.15) is 0 Å². The van der Waals surface area contributed by atoms with Crippen molar-refractivity contribution in [2.45, 2.75) is 51.3 Å². The number of hydrogen-bond acceptors (Lipinski definition) is 3. The van der Waals surface area contributed by atoms with E-state index in [2.05, 4.69) is 19.2 Å². The summed E-state index contributed by atoms with van der Waals surface area (Å²) in [7, 11) is 0. The van der Waals surface area contributed by atoms with E-state index in [0.717, 1.165) is 32.5 Å². The first-order valence-corrected chi connectivity index (χ1v) is 6.30. The van der Waals surface area contributed by atoms with Crippen molar-refractivity contribution in [3.8, 4) is 0 Å². The van der Waals surface area contributed by atoms with Crippen LogP contribution in [-0.2, 0) is 9.53 Å². The number of nitrogens with one attached hydrogen (secondary N) is 1. The van der Waals surface area contributed by atoms with Crippen LogP contribution in [0.15, 0.2) is 0 Å². The molecule has 0 aromatic rings. The number of nitrogens with zero attached hydrogens (tertiary/aromatic N) is 1. The molecule has 2 saturated heterocycles. The number of carbonyl (C=O) groups is 1. The van der Waals surface area contributed by atoms with Gasteiger partial charge in [-0.05, 0) is 12.8 Å². The van der Waals surface area contributed by atoms with Gasteiger partial charge in [0.05, 0.1) is 6.10 Å². The van der Waals surface area contributed by atoms with E-state index in [4.69, 9.17) is 4.74 Å². The van der Waals surface area contributed by atoms with Crippen LogP contribution in [0.5, 0.6) is 0 Å². The molecule has 0 aliphatic carbocycles. The van der Waals surface area contributed by atoms with Crippen LogP contribution in [-0.4, -0.2) is 48.7 Å². The molecule has 0 spiro atoms. The molecule has 2 fully saturated rings. The van der Waals surface area contributed by atoms with E-state index in [1.165, 1.54) is 0 Å². The number of carbonyl (C=O) groups excluding carboxylic acids is 1. The van der Waals surface area contributed by atoms with E-state index in [-0.39, 0.29) is 12.0 Å². The smallest absolute Gasteiger partial charge is 0.224 e. The van der Waals surface area contributed by atoms with Gasteiger partial charge in [0.1, 0.15) is 0 Å². The van der Waals surface area contributed by atoms with Crippen LogP contribution >= 0.6 is 0 Å². The van der Waals surface area contributed by atoms with E-state index in [1.54, 1.807) is 0 Å². The van der Waals surface area contributed by atoms with Crippen molar-refractivity contribution >= 4 is 5.91 Å². The van der Waals surface area contributed by atoms with Gasteiger partial charge in [0, 0.05) is 38.2 Å². The van der Waals surface area contributed by atoms with E-state index in [9.17, 15) is 4.79 Å². The molecule has 2 aliphatic heterocycles. The van der Waals surface area contributed by atoms with E-state index < -0.39 is 0 Å². The van der Waals surface area contributed by atoms with Crippen LogP contribution in [0.3, 0.4) is 0 Å². The Balaban J connectivity index is 1.79. The topological polar surface area (TPSA) is 41.6 Å². The van der Waals surface area contributed by atoms with Gasteiger partial charge in [0.15, 0.2) is 0 Å². The number of ether oxygens (including phenoxy) is 1. The van der Waals surface area contributed by atoms with Crippen LogP contribution in [0.4, 0.5) is 0 Å². The maximum Gasteiger partial charge on any atom is 0.224 e. The molecule has 2 atom stereocenters. The van der Waals surface area contributed by atoms with Crippen molar-refractivity contribution in [1.29, 1.82) is 0 Å². The van der Waals surface area contributed by atoms with Gasteiger partial charge < -0.3 is 15.0 Å². The fraction of sp³-hybridized carbons (Fsp3) is 0.917. The Morgan fingerprint density at radius 1 is 1.56 bits per heavy atom. The SMILES string of the molecule is CC(C)NC1CC(=O)N(CC2CCCO2)C1. The van der Waals surface area contributed by atoms with E-state index >= 15 is 0 Å². The zero-order valence-electron chi connectivity index (χ0n) is 10.2. The standard InChI is InChI=1S/C12H22N2O2/c1-9(2)13-10-6-12(15)14(7-10)8-11-4-3-5-16-11/h9-11,13H,3-8H2,1-2H3. The molecule has 92 valence electrons. The summed E-state index contributed by atoms with van der Waals surface area (Å²) < 4.78 is 5.57. The van der Waals surface area contributed by atoms with Crippen molar-refractivity contribution in [2.24, 2.45) is 0 Å². The van der Waals surface area contributed by atoms with Gasteiger partial charge in [-0.15, -0.1) is 0 Å². The van der Waals surface area contributed by atoms with Crippen LogP contribution < -0.4 is 5.32 Å². The zero-order chi connectivity index (χ0) is 11.5. The maximum absolute atomic E-state index is 11.8. The first kappa shape index (κ1) is 11.9. The normalized spacial score (nSPS) is 30.7. The molecule has 2 rings (SSSR count). The Bertz CT molecular complexity index is 249. The number of hydrogen-bond donors (Lipinski definition) is 1. The maximum atomic E-state index is 11.8. The third kappa shape index (κ3) is 2.95. The summed E-state index contributed by atoms with van der Waals surface area (Å²) in [6.07, 6.45) is 3.17. The Kier molecular flexibility index (Phi) is 3.82. The number of rotatable bonds is 4. The third-order valence-electron chi connectivity index (χ3n) is 3.23. The van der Waals surface area contributed by atoms with E-state index in [0.29, 0.717) is 18.5 Å². The quantitative estimate of drug-likeness (QED) is 0.769. The van der Waals surface area contributed by atoms with Gasteiger partial charge in [-0.25, -0.2) is 0 Å². The largest absolute Gasteiger partial charge is 0.376 e. The lowest BCUT2D eigenvalue weighted by Crippen LogP contribution is -2.38. The Morgan fingerprint density at radius 3 is 3.00 bits per heavy atom. The second-order valence-corrected chi connectivity index (χ2v) is 5.16. The lowest BCUT2D eigenvalue weighted by atomic mass is 10.2. The molecule has 0 aromatic heterocycles. The molecule has 0 bridgehead atoms. The fourth-order valence-corrected chi connectivity index (χ4v) is 2.57. The zero-order valence-corrected chi connectivity index (χ0v) is 10.2. The van der Waals surface area contributed by atoms with Crippen LogP contribution in [0, 0.1) is 0 Å². The van der Waals surface area contributed by atoms with Crippen LogP contribution in [0.1, 0.15) is 33.1 Å². The number of likely N-dealkylation sites (tertiary alicyclic amines) is 1. The average molecular weight is 226 g/mol. The summed E-state index contributed by atoms with van der Waals surface area (Å²) in [5.41, 5.74) is 0. The summed E-state index contributed by atoms with van der Waals surface area (Å²) in [6, 6.07) is 0.773. The molecule has 4 heteroatoms. The summed E-state index contributed by atoms with van der Waals surface area (Å²) in [5.74, 6) is 0.272. The first-order valence-electron chi connectivity index (χ1n) is 6.30. The van der Waals surface area contributed by atoms with E-state index in [1.807, 2.05) is 4.90 Å². The molecule has 0 aromatic carbocycles. The van der Waals surface area contributed by atoms with Gasteiger partial charge in [0.25, 0.3) is 0 Å². The second-order valence-electron chi connectivity index (χ2n) is 5.16. The highest BCUT2D eigenvalue weighted by Crippen LogP contribution is 2.18. The average Bonchev–Trinajstić information content (AvgIpc) is 2.77. The summed E-state index contributed by atoms with van der Waals surface area (Å²) in [4.78, 5) is 13.7. The Hall–Kier alpha value is -0.610. The molecule has 2 aliphatic rings. The van der Waals surface area contributed by atoms with Crippen molar-refractivity contribution in [2.75, 3.05) is 19.7 Å². The highest BCUT2D eigenvalue weighted by atomic mass is 16.5. The Morgan fingerprint density at radius 2 is 2.38 bits per heavy atom. The van der Waals surface area contributed by atoms with Gasteiger partial charge in [-0.3, -0.25) is 4.79 Å². The van der Waals surface area contributed by atoms with Crippen molar-refractivity contribution in [3.05, 3.63) is 0 Å². The molecular weight excluding hydrogens is 204 g/mol. The minimum atomic E-state index is 0.272. The van der Waals surface area contributed by atoms with Crippen molar-refractivity contribution in [3.63, 3.8) is 0 Å².